The van der Waals surface area contributed by atoms with Crippen molar-refractivity contribution in [2.75, 3.05) is 19.6 Å². The minimum Gasteiger partial charge on any atom is -0.508 e. The topological polar surface area (TPSA) is 61.8 Å². The van der Waals surface area contributed by atoms with Gasteiger partial charge in [-0.15, -0.1) is 0 Å². The monoisotopic (exact) mass is 290 g/mol. The zero-order chi connectivity index (χ0) is 14.9. The largest absolute Gasteiger partial charge is 0.508 e. The number of phenolic OH excluding ortho intramolecular Hbond substituents is 1. The Morgan fingerprint density at radius 2 is 2.19 bits per heavy atom. The summed E-state index contributed by atoms with van der Waals surface area (Å²) in [6.07, 6.45) is 2.00. The van der Waals surface area contributed by atoms with Crippen molar-refractivity contribution >= 4 is 6.09 Å². The number of phenols is 1. The summed E-state index contributed by atoms with van der Waals surface area (Å²) in [6, 6.07) is 6.95. The zero-order valence-electron chi connectivity index (χ0n) is 12.3. The second kappa shape index (κ2) is 5.56. The predicted molar refractivity (Wildman–Crippen MR) is 79.0 cm³/mol. The van der Waals surface area contributed by atoms with Gasteiger partial charge >= 0.3 is 6.09 Å². The average Bonchev–Trinajstić information content (AvgIpc) is 2.78. The molecule has 5 nitrogen and oxygen atoms in total. The van der Waals surface area contributed by atoms with Crippen LogP contribution in [0.2, 0.25) is 0 Å². The van der Waals surface area contributed by atoms with Gasteiger partial charge in [0.05, 0.1) is 6.54 Å². The smallest absolute Gasteiger partial charge is 0.410 e. The van der Waals surface area contributed by atoms with Gasteiger partial charge < -0.3 is 15.2 Å². The molecule has 1 amide bonds. The van der Waals surface area contributed by atoms with Crippen LogP contribution in [0.5, 0.6) is 5.75 Å². The van der Waals surface area contributed by atoms with E-state index in [2.05, 4.69) is 5.32 Å². The third-order valence-electron chi connectivity index (χ3n) is 4.55. The van der Waals surface area contributed by atoms with Crippen molar-refractivity contribution in [3.8, 4) is 5.75 Å². The molecule has 0 spiro atoms. The van der Waals surface area contributed by atoms with E-state index >= 15 is 0 Å². The molecule has 0 radical (unpaired) electrons. The summed E-state index contributed by atoms with van der Waals surface area (Å²) in [5.74, 6) is 0.612. The molecular formula is C16H22N2O3. The van der Waals surface area contributed by atoms with Gasteiger partial charge in [0.25, 0.3) is 0 Å². The summed E-state index contributed by atoms with van der Waals surface area (Å²) in [6.45, 7) is 5.15. The molecule has 114 valence electrons. The highest BCUT2D eigenvalue weighted by molar-refractivity contribution is 5.70. The number of hydrogen-bond acceptors (Lipinski definition) is 4. The zero-order valence-corrected chi connectivity index (χ0v) is 12.3. The van der Waals surface area contributed by atoms with Crippen molar-refractivity contribution in [2.24, 2.45) is 5.92 Å². The van der Waals surface area contributed by atoms with E-state index < -0.39 is 5.60 Å². The van der Waals surface area contributed by atoms with E-state index in [4.69, 9.17) is 4.74 Å². The minimum atomic E-state index is -0.401. The number of carbonyl (C=O) groups is 1. The van der Waals surface area contributed by atoms with E-state index in [9.17, 15) is 9.90 Å². The van der Waals surface area contributed by atoms with Crippen molar-refractivity contribution < 1.29 is 14.6 Å². The molecule has 2 aliphatic rings. The van der Waals surface area contributed by atoms with Gasteiger partial charge in [0.15, 0.2) is 0 Å². The Morgan fingerprint density at radius 3 is 2.86 bits per heavy atom. The molecule has 2 fully saturated rings. The molecule has 1 aromatic rings. The number of benzene rings is 1. The van der Waals surface area contributed by atoms with E-state index in [1.54, 1.807) is 17.0 Å². The number of amides is 1. The van der Waals surface area contributed by atoms with Gasteiger partial charge in [0, 0.05) is 19.0 Å². The van der Waals surface area contributed by atoms with E-state index in [1.165, 1.54) is 0 Å². The lowest BCUT2D eigenvalue weighted by atomic mass is 9.83. The highest BCUT2D eigenvalue weighted by Crippen LogP contribution is 2.34. The Labute approximate surface area is 124 Å². The fourth-order valence-electron chi connectivity index (χ4n) is 3.27. The van der Waals surface area contributed by atoms with Crippen molar-refractivity contribution in [3.05, 3.63) is 29.8 Å². The molecule has 2 unspecified atom stereocenters. The molecule has 2 saturated heterocycles. The average molecular weight is 290 g/mol. The number of nitrogens with zero attached hydrogens (tertiary/aromatic N) is 1. The van der Waals surface area contributed by atoms with Crippen LogP contribution in [0.15, 0.2) is 24.3 Å². The van der Waals surface area contributed by atoms with E-state index in [0.29, 0.717) is 19.0 Å². The Bertz CT molecular complexity index is 511. The van der Waals surface area contributed by atoms with E-state index in [1.807, 2.05) is 19.1 Å². The van der Waals surface area contributed by atoms with Crippen molar-refractivity contribution in [1.82, 2.24) is 10.2 Å². The normalized spacial score (nSPS) is 29.5. The predicted octanol–water partition coefficient (Wildman–Crippen LogP) is 2.10. The number of cyclic esters (lactones) is 1. The highest BCUT2D eigenvalue weighted by atomic mass is 16.6. The molecule has 0 aliphatic carbocycles. The standard InChI is InChI=1S/C16H22N2O3/c1-16(13-3-2-8-17-9-13)11-18(15(20)21-16)10-12-4-6-14(19)7-5-12/h4-7,13,17,19H,2-3,8-11H2,1H3. The van der Waals surface area contributed by atoms with Crippen molar-refractivity contribution in [2.45, 2.75) is 31.9 Å². The van der Waals surface area contributed by atoms with Crippen LogP contribution in [0, 0.1) is 5.92 Å². The number of carbonyl (C=O) groups excluding carboxylic acids is 1. The lowest BCUT2D eigenvalue weighted by Crippen LogP contribution is -2.46. The van der Waals surface area contributed by atoms with Gasteiger partial charge in [-0.3, -0.25) is 4.90 Å². The fourth-order valence-corrected chi connectivity index (χ4v) is 3.27. The van der Waals surface area contributed by atoms with Crippen LogP contribution in [0.4, 0.5) is 4.79 Å². The highest BCUT2D eigenvalue weighted by Gasteiger charge is 2.46. The number of hydrogen-bond donors (Lipinski definition) is 2. The van der Waals surface area contributed by atoms with Gasteiger partial charge in [-0.05, 0) is 44.0 Å². The molecule has 0 bridgehead atoms. The Hall–Kier alpha value is -1.75. The number of piperidine rings is 1. The lowest BCUT2D eigenvalue weighted by molar-refractivity contribution is 0.0121. The quantitative estimate of drug-likeness (QED) is 0.895. The van der Waals surface area contributed by atoms with Gasteiger partial charge in [-0.25, -0.2) is 4.79 Å². The molecule has 3 rings (SSSR count). The first-order valence-corrected chi connectivity index (χ1v) is 7.53. The summed E-state index contributed by atoms with van der Waals surface area (Å²) >= 11 is 0. The van der Waals surface area contributed by atoms with E-state index in [-0.39, 0.29) is 11.8 Å². The maximum atomic E-state index is 12.1. The summed E-state index contributed by atoms with van der Waals surface area (Å²) < 4.78 is 5.69. The van der Waals surface area contributed by atoms with Crippen LogP contribution < -0.4 is 5.32 Å². The SMILES string of the molecule is CC1(C2CCCNC2)CN(Cc2ccc(O)cc2)C(=O)O1. The Kier molecular flexibility index (Phi) is 3.76. The second-order valence-corrected chi connectivity index (χ2v) is 6.25. The number of ether oxygens (including phenoxy) is 1. The van der Waals surface area contributed by atoms with Crippen LogP contribution >= 0.6 is 0 Å². The van der Waals surface area contributed by atoms with Crippen LogP contribution in [0.1, 0.15) is 25.3 Å². The number of nitrogens with one attached hydrogen (secondary N) is 1. The van der Waals surface area contributed by atoms with E-state index in [0.717, 1.165) is 31.5 Å². The molecule has 1 aromatic carbocycles. The van der Waals surface area contributed by atoms with Crippen LogP contribution in [-0.4, -0.2) is 41.3 Å². The molecule has 2 heterocycles. The first kappa shape index (κ1) is 14.2. The molecule has 0 saturated carbocycles. The fraction of sp³-hybridized carbons (Fsp3) is 0.562. The molecule has 0 aromatic heterocycles. The Balaban J connectivity index is 1.67. The Morgan fingerprint density at radius 1 is 1.43 bits per heavy atom. The molecule has 5 heteroatoms. The summed E-state index contributed by atoms with van der Waals surface area (Å²) in [7, 11) is 0. The molecule has 2 atom stereocenters. The third-order valence-corrected chi connectivity index (χ3v) is 4.55. The maximum Gasteiger partial charge on any atom is 0.410 e. The first-order valence-electron chi connectivity index (χ1n) is 7.53. The maximum absolute atomic E-state index is 12.1. The minimum absolute atomic E-state index is 0.237. The summed E-state index contributed by atoms with van der Waals surface area (Å²) in [4.78, 5) is 13.9. The van der Waals surface area contributed by atoms with Crippen molar-refractivity contribution in [3.63, 3.8) is 0 Å². The summed E-state index contributed by atoms with van der Waals surface area (Å²) in [5, 5.41) is 12.7. The number of aromatic hydroxyl groups is 1. The molecule has 2 aliphatic heterocycles. The third kappa shape index (κ3) is 2.97. The van der Waals surface area contributed by atoms with Gasteiger partial charge in [0.2, 0.25) is 0 Å². The van der Waals surface area contributed by atoms with Crippen LogP contribution in [-0.2, 0) is 11.3 Å². The van der Waals surface area contributed by atoms with Gasteiger partial charge in [-0.1, -0.05) is 12.1 Å². The molecule has 21 heavy (non-hydrogen) atoms. The lowest BCUT2D eigenvalue weighted by Gasteiger charge is -2.34. The van der Waals surface area contributed by atoms with Crippen LogP contribution in [0.25, 0.3) is 0 Å². The first-order chi connectivity index (χ1) is 10.1. The van der Waals surface area contributed by atoms with Gasteiger partial charge in [-0.2, -0.15) is 0 Å². The number of rotatable bonds is 3. The summed E-state index contributed by atoms with van der Waals surface area (Å²) in [5.41, 5.74) is 0.595. The molecule has 2 N–H and O–H groups in total. The molecular weight excluding hydrogens is 268 g/mol. The van der Waals surface area contributed by atoms with Crippen LogP contribution in [0.3, 0.4) is 0 Å². The second-order valence-electron chi connectivity index (χ2n) is 6.25. The van der Waals surface area contributed by atoms with Crippen molar-refractivity contribution in [1.29, 1.82) is 0 Å². The van der Waals surface area contributed by atoms with Gasteiger partial charge in [0.1, 0.15) is 11.4 Å².